The van der Waals surface area contributed by atoms with Crippen molar-refractivity contribution in [3.63, 3.8) is 0 Å². The standard InChI is InChI=1S/C11H12N2O2S/c1-6-7(2)12-13(8(6)3)9-4-10(11(14)15)16-5-9/h4-5H,1-3H3,(H,14,15). The lowest BCUT2D eigenvalue weighted by atomic mass is 10.2. The third kappa shape index (κ3) is 1.63. The quantitative estimate of drug-likeness (QED) is 0.871. The van der Waals surface area contributed by atoms with E-state index in [-0.39, 0.29) is 0 Å². The molecule has 0 atom stereocenters. The summed E-state index contributed by atoms with van der Waals surface area (Å²) < 4.78 is 1.79. The van der Waals surface area contributed by atoms with Crippen molar-refractivity contribution in [2.45, 2.75) is 20.8 Å². The lowest BCUT2D eigenvalue weighted by Gasteiger charge is -1.99. The molecule has 0 bridgehead atoms. The maximum absolute atomic E-state index is 10.8. The van der Waals surface area contributed by atoms with Gasteiger partial charge in [-0.25, -0.2) is 9.48 Å². The molecule has 16 heavy (non-hydrogen) atoms. The maximum Gasteiger partial charge on any atom is 0.345 e. The molecule has 0 saturated carbocycles. The first kappa shape index (κ1) is 10.9. The third-order valence-electron chi connectivity index (χ3n) is 2.69. The molecule has 0 aliphatic carbocycles. The van der Waals surface area contributed by atoms with Crippen LogP contribution in [-0.4, -0.2) is 20.9 Å². The van der Waals surface area contributed by atoms with Gasteiger partial charge in [0.15, 0.2) is 0 Å². The first-order valence-electron chi connectivity index (χ1n) is 4.85. The Hall–Kier alpha value is -1.62. The van der Waals surface area contributed by atoms with Crippen LogP contribution < -0.4 is 0 Å². The summed E-state index contributed by atoms with van der Waals surface area (Å²) in [6.07, 6.45) is 0. The van der Waals surface area contributed by atoms with E-state index in [1.54, 1.807) is 10.7 Å². The lowest BCUT2D eigenvalue weighted by molar-refractivity contribution is 0.0702. The van der Waals surface area contributed by atoms with E-state index < -0.39 is 5.97 Å². The Morgan fingerprint density at radius 2 is 2.12 bits per heavy atom. The third-order valence-corrected chi connectivity index (χ3v) is 3.60. The highest BCUT2D eigenvalue weighted by molar-refractivity contribution is 7.12. The van der Waals surface area contributed by atoms with Crippen LogP contribution in [0.3, 0.4) is 0 Å². The van der Waals surface area contributed by atoms with Crippen LogP contribution in [0.15, 0.2) is 11.4 Å². The minimum Gasteiger partial charge on any atom is -0.477 e. The fraction of sp³-hybridized carbons (Fsp3) is 0.273. The lowest BCUT2D eigenvalue weighted by Crippen LogP contribution is -1.98. The van der Waals surface area contributed by atoms with Crippen molar-refractivity contribution in [2.24, 2.45) is 0 Å². The van der Waals surface area contributed by atoms with E-state index in [1.807, 2.05) is 26.2 Å². The van der Waals surface area contributed by atoms with Crippen LogP contribution >= 0.6 is 11.3 Å². The van der Waals surface area contributed by atoms with Crippen molar-refractivity contribution in [1.82, 2.24) is 9.78 Å². The molecule has 0 amide bonds. The predicted octanol–water partition coefficient (Wildman–Crippen LogP) is 2.56. The molecule has 0 unspecified atom stereocenters. The van der Waals surface area contributed by atoms with Gasteiger partial charge in [-0.15, -0.1) is 11.3 Å². The van der Waals surface area contributed by atoms with E-state index in [1.165, 1.54) is 11.3 Å². The smallest absolute Gasteiger partial charge is 0.345 e. The van der Waals surface area contributed by atoms with Crippen molar-refractivity contribution in [3.8, 4) is 5.69 Å². The normalized spacial score (nSPS) is 10.7. The van der Waals surface area contributed by atoms with E-state index in [0.29, 0.717) is 4.88 Å². The van der Waals surface area contributed by atoms with Crippen LogP contribution in [0.2, 0.25) is 0 Å². The van der Waals surface area contributed by atoms with Crippen molar-refractivity contribution in [2.75, 3.05) is 0 Å². The van der Waals surface area contributed by atoms with Gasteiger partial charge in [-0.05, 0) is 32.4 Å². The second-order valence-corrected chi connectivity index (χ2v) is 4.59. The number of aromatic nitrogens is 2. The van der Waals surface area contributed by atoms with Gasteiger partial charge in [-0.2, -0.15) is 5.10 Å². The Balaban J connectivity index is 2.50. The van der Waals surface area contributed by atoms with E-state index in [9.17, 15) is 4.79 Å². The molecule has 0 fully saturated rings. The second-order valence-electron chi connectivity index (χ2n) is 3.68. The Morgan fingerprint density at radius 3 is 2.56 bits per heavy atom. The first-order chi connectivity index (χ1) is 7.50. The number of aryl methyl sites for hydroxylation is 1. The predicted molar refractivity (Wildman–Crippen MR) is 62.6 cm³/mol. The Bertz CT molecular complexity index is 554. The van der Waals surface area contributed by atoms with Crippen LogP contribution in [0.25, 0.3) is 5.69 Å². The fourth-order valence-electron chi connectivity index (χ4n) is 1.52. The molecule has 0 aliphatic heterocycles. The molecule has 5 heteroatoms. The summed E-state index contributed by atoms with van der Waals surface area (Å²) in [5, 5.41) is 15.0. The topological polar surface area (TPSA) is 55.1 Å². The molecule has 0 aliphatic rings. The van der Waals surface area contributed by atoms with Crippen LogP contribution in [-0.2, 0) is 0 Å². The summed E-state index contributed by atoms with van der Waals surface area (Å²) in [7, 11) is 0. The molecule has 2 aromatic heterocycles. The average molecular weight is 236 g/mol. The van der Waals surface area contributed by atoms with Crippen LogP contribution in [0.4, 0.5) is 0 Å². The zero-order valence-corrected chi connectivity index (χ0v) is 10.1. The molecule has 84 valence electrons. The summed E-state index contributed by atoms with van der Waals surface area (Å²) in [5.74, 6) is -0.894. The minimum absolute atomic E-state index is 0.334. The first-order valence-corrected chi connectivity index (χ1v) is 5.73. The summed E-state index contributed by atoms with van der Waals surface area (Å²) in [6.45, 7) is 5.94. The molecule has 2 aromatic rings. The van der Waals surface area contributed by atoms with Crippen molar-refractivity contribution >= 4 is 17.3 Å². The van der Waals surface area contributed by atoms with E-state index in [2.05, 4.69) is 5.10 Å². The molecule has 0 spiro atoms. The largest absolute Gasteiger partial charge is 0.477 e. The number of hydrogen-bond donors (Lipinski definition) is 1. The number of carboxylic acids is 1. The highest BCUT2D eigenvalue weighted by Crippen LogP contribution is 2.22. The second kappa shape index (κ2) is 3.75. The number of nitrogens with zero attached hydrogens (tertiary/aromatic N) is 2. The van der Waals surface area contributed by atoms with E-state index in [4.69, 9.17) is 5.11 Å². The van der Waals surface area contributed by atoms with Crippen LogP contribution in [0.1, 0.15) is 26.6 Å². The van der Waals surface area contributed by atoms with Crippen molar-refractivity contribution < 1.29 is 9.90 Å². The van der Waals surface area contributed by atoms with Gasteiger partial charge in [0.25, 0.3) is 0 Å². The van der Waals surface area contributed by atoms with Gasteiger partial charge in [-0.1, -0.05) is 0 Å². The zero-order valence-electron chi connectivity index (χ0n) is 9.31. The molecular formula is C11H12N2O2S. The summed E-state index contributed by atoms with van der Waals surface area (Å²) in [5.41, 5.74) is 3.98. The molecule has 2 rings (SSSR count). The summed E-state index contributed by atoms with van der Waals surface area (Å²) in [6, 6.07) is 1.64. The number of carbonyl (C=O) groups is 1. The zero-order chi connectivity index (χ0) is 11.9. The van der Waals surface area contributed by atoms with Crippen LogP contribution in [0, 0.1) is 20.8 Å². The Kier molecular flexibility index (Phi) is 2.55. The number of rotatable bonds is 2. The Morgan fingerprint density at radius 1 is 1.44 bits per heavy atom. The highest BCUT2D eigenvalue weighted by Gasteiger charge is 2.12. The molecule has 0 saturated heterocycles. The SMILES string of the molecule is Cc1nn(-c2csc(C(=O)O)c2)c(C)c1C. The number of hydrogen-bond acceptors (Lipinski definition) is 3. The van der Waals surface area contributed by atoms with Crippen LogP contribution in [0.5, 0.6) is 0 Å². The summed E-state index contributed by atoms with van der Waals surface area (Å²) in [4.78, 5) is 11.1. The molecular weight excluding hydrogens is 224 g/mol. The molecule has 1 N–H and O–H groups in total. The summed E-state index contributed by atoms with van der Waals surface area (Å²) >= 11 is 1.22. The molecule has 4 nitrogen and oxygen atoms in total. The molecule has 0 radical (unpaired) electrons. The minimum atomic E-state index is -0.894. The van der Waals surface area contributed by atoms with E-state index >= 15 is 0 Å². The van der Waals surface area contributed by atoms with Gasteiger partial charge < -0.3 is 5.11 Å². The number of thiophene rings is 1. The van der Waals surface area contributed by atoms with Gasteiger partial charge in [0.1, 0.15) is 4.88 Å². The van der Waals surface area contributed by atoms with Gasteiger partial charge in [0.2, 0.25) is 0 Å². The maximum atomic E-state index is 10.8. The van der Waals surface area contributed by atoms with Crippen molar-refractivity contribution in [1.29, 1.82) is 0 Å². The van der Waals surface area contributed by atoms with Gasteiger partial charge in [0, 0.05) is 11.1 Å². The van der Waals surface area contributed by atoms with E-state index in [0.717, 1.165) is 22.6 Å². The average Bonchev–Trinajstić information content (AvgIpc) is 2.79. The number of carboxylic acid groups (broad SMARTS) is 1. The fourth-order valence-corrected chi connectivity index (χ4v) is 2.23. The monoisotopic (exact) mass is 236 g/mol. The molecule has 2 heterocycles. The number of aromatic carboxylic acids is 1. The highest BCUT2D eigenvalue weighted by atomic mass is 32.1. The molecule has 0 aromatic carbocycles. The Labute approximate surface area is 97.2 Å². The van der Waals surface area contributed by atoms with Crippen molar-refractivity contribution in [3.05, 3.63) is 33.3 Å². The van der Waals surface area contributed by atoms with Gasteiger partial charge >= 0.3 is 5.97 Å². The van der Waals surface area contributed by atoms with Gasteiger partial charge in [0.05, 0.1) is 11.4 Å². The van der Waals surface area contributed by atoms with Gasteiger partial charge in [-0.3, -0.25) is 0 Å².